The standard InChI is InChI=1S/C5H12O2S2.2C4H10O2S2.C3H8O2S.C3H8OS2/c6-1-5(2-7,3-8)4-9;5-3(1-7)4(6)2-8;5-1-3(7)4(8)2-6;4-1-3(6)2-5;4-3(1-5)2-6/h6-9H,1-4H2;2*3-8H,1-2H2;2*3-6H,1-2H2. The van der Waals surface area contributed by atoms with E-state index in [1.54, 1.807) is 0 Å². The molecule has 0 amide bonds. The van der Waals surface area contributed by atoms with Crippen molar-refractivity contribution in [2.24, 2.45) is 5.41 Å². The molecule has 0 spiro atoms. The predicted octanol–water partition coefficient (Wildman–Crippen LogP) is -1.57. The lowest BCUT2D eigenvalue weighted by molar-refractivity contribution is 0.0504. The molecule has 0 aliphatic heterocycles. The summed E-state index contributed by atoms with van der Waals surface area (Å²) in [5.74, 6) is 2.49. The van der Waals surface area contributed by atoms with Crippen LogP contribution in [0.15, 0.2) is 0 Å². The summed E-state index contributed by atoms with van der Waals surface area (Å²) in [5.41, 5.74) is -0.494. The van der Waals surface area contributed by atoms with Gasteiger partial charge in [-0.15, -0.1) is 0 Å². The minimum atomic E-state index is -0.740. The Hall–Kier alpha value is 2.79. The van der Waals surface area contributed by atoms with Crippen molar-refractivity contribution in [2.45, 2.75) is 34.1 Å². The lowest BCUT2D eigenvalue weighted by Crippen LogP contribution is -2.33. The van der Waals surface area contributed by atoms with Crippen LogP contribution in [0.5, 0.6) is 0 Å². The molecule has 0 aromatic heterocycles. The highest BCUT2D eigenvalue weighted by atomic mass is 32.1. The van der Waals surface area contributed by atoms with Crippen LogP contribution in [-0.2, 0) is 0 Å². The molecule has 0 radical (unpaired) electrons. The maximum atomic E-state index is 8.75. The van der Waals surface area contributed by atoms with Crippen LogP contribution in [0.1, 0.15) is 0 Å². The fourth-order valence-electron chi connectivity index (χ4n) is 0.902. The van der Waals surface area contributed by atoms with Gasteiger partial charge in [0.05, 0.1) is 58.0 Å². The number of hydrogen-bond donors (Lipinski definition) is 18. The summed E-state index contributed by atoms with van der Waals surface area (Å²) >= 11 is 34.6. The molecule has 0 saturated heterocycles. The number of aliphatic hydroxyl groups is 9. The Kier molecular flexibility index (Phi) is 49.2. The van der Waals surface area contributed by atoms with Crippen molar-refractivity contribution in [3.05, 3.63) is 0 Å². The highest BCUT2D eigenvalue weighted by molar-refractivity contribution is 7.85. The molecule has 0 aliphatic rings. The molecule has 0 aliphatic carbocycles. The quantitative estimate of drug-likeness (QED) is 0.0949. The lowest BCUT2D eigenvalue weighted by atomic mass is 9.96. The van der Waals surface area contributed by atoms with Crippen LogP contribution < -0.4 is 0 Å². The Morgan fingerprint density at radius 1 is 0.486 bits per heavy atom. The van der Waals surface area contributed by atoms with E-state index in [0.29, 0.717) is 23.0 Å². The normalized spacial score (nSPS) is 13.9. The largest absolute Gasteiger partial charge is 0.396 e. The maximum Gasteiger partial charge on any atom is 0.0894 e. The molecule has 4 atom stereocenters. The van der Waals surface area contributed by atoms with Gasteiger partial charge >= 0.3 is 0 Å². The molecule has 0 heterocycles. The third-order valence-corrected chi connectivity index (χ3v) is 8.36. The fraction of sp³-hybridized carbons (Fsp3) is 1.00. The summed E-state index contributed by atoms with van der Waals surface area (Å²) < 4.78 is 0. The first kappa shape index (κ1) is 49.5. The van der Waals surface area contributed by atoms with Crippen LogP contribution in [0.4, 0.5) is 0 Å². The Balaban J connectivity index is -0.000000116. The molecule has 0 aromatic carbocycles. The Morgan fingerprint density at radius 3 is 0.838 bits per heavy atom. The smallest absolute Gasteiger partial charge is 0.0894 e. The predicted molar refractivity (Wildman–Crippen MR) is 184 cm³/mol. The van der Waals surface area contributed by atoms with Gasteiger partial charge < -0.3 is 46.0 Å². The summed E-state index contributed by atoms with van der Waals surface area (Å²) in [6.07, 6.45) is -1.82. The minimum absolute atomic E-state index is 0.0438. The second kappa shape index (κ2) is 36.8. The van der Waals surface area contributed by atoms with Crippen molar-refractivity contribution in [1.29, 1.82) is 0 Å². The molecule has 0 rings (SSSR count). The van der Waals surface area contributed by atoms with Gasteiger partial charge in [0.1, 0.15) is 0 Å². The van der Waals surface area contributed by atoms with E-state index in [-0.39, 0.29) is 73.0 Å². The van der Waals surface area contributed by atoms with Gasteiger partial charge in [0.25, 0.3) is 0 Å². The van der Waals surface area contributed by atoms with Crippen molar-refractivity contribution >= 4 is 114 Å². The second-order valence-corrected chi connectivity index (χ2v) is 11.3. The van der Waals surface area contributed by atoms with E-state index in [2.05, 4.69) is 114 Å². The van der Waals surface area contributed by atoms with Gasteiger partial charge in [-0.05, 0) is 0 Å². The molecule has 232 valence electrons. The summed E-state index contributed by atoms with van der Waals surface area (Å²) in [6, 6.07) is 0. The van der Waals surface area contributed by atoms with Crippen molar-refractivity contribution in [3.8, 4) is 0 Å². The first-order valence-electron chi connectivity index (χ1n) is 10.7. The molecule has 4 unspecified atom stereocenters. The van der Waals surface area contributed by atoms with E-state index in [9.17, 15) is 0 Å². The fourth-order valence-corrected chi connectivity index (χ4v) is 2.84. The average molecular weight is 709 g/mol. The Bertz CT molecular complexity index is 354. The van der Waals surface area contributed by atoms with Gasteiger partial charge in [0.2, 0.25) is 0 Å². The van der Waals surface area contributed by atoms with E-state index in [1.807, 2.05) is 0 Å². The van der Waals surface area contributed by atoms with Crippen molar-refractivity contribution in [3.63, 3.8) is 0 Å². The third-order valence-electron chi connectivity index (χ3n) is 3.82. The topological polar surface area (TPSA) is 182 Å². The monoisotopic (exact) mass is 708 g/mol. The average Bonchev–Trinajstić information content (AvgIpc) is 2.97. The van der Waals surface area contributed by atoms with E-state index < -0.39 is 17.6 Å². The molecule has 0 fully saturated rings. The van der Waals surface area contributed by atoms with Crippen LogP contribution in [0.3, 0.4) is 0 Å². The number of rotatable bonds is 14. The molecule has 0 bridgehead atoms. The zero-order chi connectivity index (χ0) is 30.4. The van der Waals surface area contributed by atoms with Crippen molar-refractivity contribution in [1.82, 2.24) is 0 Å². The van der Waals surface area contributed by atoms with E-state index in [4.69, 9.17) is 46.0 Å². The lowest BCUT2D eigenvalue weighted by Gasteiger charge is -2.24. The molecular weight excluding hydrogens is 661 g/mol. The number of thiol groups is 9. The van der Waals surface area contributed by atoms with Crippen LogP contribution in [0.25, 0.3) is 0 Å². The molecule has 0 aromatic rings. The van der Waals surface area contributed by atoms with E-state index >= 15 is 0 Å². The van der Waals surface area contributed by atoms with Gasteiger partial charge in [0, 0.05) is 55.7 Å². The van der Waals surface area contributed by atoms with E-state index in [1.165, 1.54) is 0 Å². The SMILES string of the molecule is OC(CS)C(O)CS.OC(CS)CS.OCC(CO)(CS)CS.OCC(S)C(S)CO.OCC(S)CO. The highest BCUT2D eigenvalue weighted by Crippen LogP contribution is 2.18. The van der Waals surface area contributed by atoms with Crippen molar-refractivity contribution < 1.29 is 46.0 Å². The van der Waals surface area contributed by atoms with Crippen LogP contribution in [0.2, 0.25) is 0 Å². The molecule has 18 heteroatoms. The number of hydrogen-bond acceptors (Lipinski definition) is 18. The first-order chi connectivity index (χ1) is 17.3. The van der Waals surface area contributed by atoms with Gasteiger partial charge in [0.15, 0.2) is 0 Å². The molecular formula is C19H48O9S9. The summed E-state index contributed by atoms with van der Waals surface area (Å²) in [6.45, 7) is -0.318. The zero-order valence-corrected chi connectivity index (χ0v) is 28.5. The highest BCUT2D eigenvalue weighted by Gasteiger charge is 2.24. The van der Waals surface area contributed by atoms with Gasteiger partial charge in [-0.1, -0.05) is 0 Å². The molecule has 37 heavy (non-hydrogen) atoms. The summed E-state index contributed by atoms with van der Waals surface area (Å²) in [7, 11) is 0. The van der Waals surface area contributed by atoms with Crippen LogP contribution in [-0.4, -0.2) is 154 Å². The van der Waals surface area contributed by atoms with Crippen LogP contribution in [0, 0.1) is 5.41 Å². The molecule has 0 saturated carbocycles. The van der Waals surface area contributed by atoms with Crippen LogP contribution >= 0.6 is 114 Å². The van der Waals surface area contributed by atoms with Gasteiger partial charge in [-0.2, -0.15) is 114 Å². The maximum absolute atomic E-state index is 8.75. The second-order valence-electron chi connectivity index (χ2n) is 7.17. The Labute approximate surface area is 271 Å². The minimum Gasteiger partial charge on any atom is -0.396 e. The van der Waals surface area contributed by atoms with Crippen molar-refractivity contribution in [2.75, 3.05) is 74.2 Å². The van der Waals surface area contributed by atoms with Gasteiger partial charge in [-0.3, -0.25) is 0 Å². The van der Waals surface area contributed by atoms with Gasteiger partial charge in [-0.25, -0.2) is 0 Å². The molecule has 9 N–H and O–H groups in total. The van der Waals surface area contributed by atoms with E-state index in [0.717, 1.165) is 0 Å². The summed E-state index contributed by atoms with van der Waals surface area (Å²) in [4.78, 5) is 0. The zero-order valence-electron chi connectivity index (χ0n) is 20.5. The third kappa shape index (κ3) is 34.9. The number of aliphatic hydroxyl groups excluding tert-OH is 9. The Morgan fingerprint density at radius 2 is 0.784 bits per heavy atom. The first-order valence-corrected chi connectivity index (χ1v) is 16.0. The molecule has 9 nitrogen and oxygen atoms in total. The summed E-state index contributed by atoms with van der Waals surface area (Å²) in [5, 5.41) is 75.8.